The highest BCUT2D eigenvalue weighted by Crippen LogP contribution is 2.17. The molecule has 2 saturated heterocycles. The summed E-state index contributed by atoms with van der Waals surface area (Å²) in [6.07, 6.45) is 2.29. The molecule has 0 spiro atoms. The smallest absolute Gasteiger partial charge is 0.246 e. The van der Waals surface area contributed by atoms with Crippen LogP contribution in [0.5, 0.6) is 0 Å². The Labute approximate surface area is 186 Å². The van der Waals surface area contributed by atoms with E-state index >= 15 is 0 Å². The standard InChI is InChI=1S/C22H28ClF2N3O3/c23-17-14-16(2-4-18(17)24)3-5-21(30)28-11-7-22(31)27(12-13-28)9-1-8-26-10-6-20(29)19(25)15-26/h2-5,14,19-20,29H,1,6-13,15H2/b5-3+. The summed E-state index contributed by atoms with van der Waals surface area (Å²) in [6, 6.07) is 4.23. The van der Waals surface area contributed by atoms with Gasteiger partial charge < -0.3 is 19.8 Å². The van der Waals surface area contributed by atoms with E-state index in [1.54, 1.807) is 15.9 Å². The summed E-state index contributed by atoms with van der Waals surface area (Å²) in [7, 11) is 0. The summed E-state index contributed by atoms with van der Waals surface area (Å²) in [6.45, 7) is 3.33. The van der Waals surface area contributed by atoms with Gasteiger partial charge >= 0.3 is 0 Å². The van der Waals surface area contributed by atoms with Crippen molar-refractivity contribution >= 4 is 29.5 Å². The summed E-state index contributed by atoms with van der Waals surface area (Å²) >= 11 is 5.76. The van der Waals surface area contributed by atoms with E-state index in [1.807, 2.05) is 4.90 Å². The van der Waals surface area contributed by atoms with Crippen molar-refractivity contribution in [1.82, 2.24) is 14.7 Å². The van der Waals surface area contributed by atoms with Crippen LogP contribution in [-0.4, -0.2) is 89.7 Å². The van der Waals surface area contributed by atoms with Crippen molar-refractivity contribution in [2.24, 2.45) is 0 Å². The van der Waals surface area contributed by atoms with Crippen molar-refractivity contribution in [3.8, 4) is 0 Å². The fourth-order valence-corrected chi connectivity index (χ4v) is 4.05. The Bertz CT molecular complexity index is 823. The fourth-order valence-electron chi connectivity index (χ4n) is 3.86. The van der Waals surface area contributed by atoms with Gasteiger partial charge in [-0.15, -0.1) is 0 Å². The molecular formula is C22H28ClF2N3O3. The highest BCUT2D eigenvalue weighted by molar-refractivity contribution is 6.30. The van der Waals surface area contributed by atoms with Crippen LogP contribution in [0, 0.1) is 5.82 Å². The molecule has 1 aromatic carbocycles. The lowest BCUT2D eigenvalue weighted by atomic mass is 10.1. The summed E-state index contributed by atoms with van der Waals surface area (Å²) in [5.41, 5.74) is 0.619. The average molecular weight is 456 g/mol. The fraction of sp³-hybridized carbons (Fsp3) is 0.545. The van der Waals surface area contributed by atoms with Crippen molar-refractivity contribution in [2.75, 3.05) is 45.8 Å². The average Bonchev–Trinajstić information content (AvgIpc) is 2.93. The minimum atomic E-state index is -1.22. The molecule has 170 valence electrons. The van der Waals surface area contributed by atoms with Gasteiger partial charge in [-0.2, -0.15) is 0 Å². The number of carbonyl (C=O) groups excluding carboxylic acids is 2. The number of rotatable bonds is 6. The summed E-state index contributed by atoms with van der Waals surface area (Å²) in [5.74, 6) is -0.725. The van der Waals surface area contributed by atoms with Crippen LogP contribution < -0.4 is 0 Å². The number of likely N-dealkylation sites (tertiary alicyclic amines) is 1. The molecule has 2 aliphatic heterocycles. The number of aliphatic hydroxyl groups excluding tert-OH is 1. The molecule has 0 aliphatic carbocycles. The van der Waals surface area contributed by atoms with E-state index in [-0.39, 0.29) is 29.8 Å². The van der Waals surface area contributed by atoms with Crippen LogP contribution >= 0.6 is 11.6 Å². The molecule has 2 amide bonds. The third kappa shape index (κ3) is 6.72. The molecule has 0 saturated carbocycles. The van der Waals surface area contributed by atoms with Crippen LogP contribution in [0.3, 0.4) is 0 Å². The Morgan fingerprint density at radius 2 is 2.03 bits per heavy atom. The Kier molecular flexibility index (Phi) is 8.40. The molecule has 2 unspecified atom stereocenters. The van der Waals surface area contributed by atoms with Gasteiger partial charge in [0.25, 0.3) is 0 Å². The van der Waals surface area contributed by atoms with Gasteiger partial charge in [0.15, 0.2) is 0 Å². The number of piperidine rings is 1. The molecule has 0 radical (unpaired) electrons. The third-order valence-corrected chi connectivity index (χ3v) is 6.05. The number of alkyl halides is 1. The molecule has 0 aromatic heterocycles. The molecule has 3 rings (SSSR count). The maximum absolute atomic E-state index is 13.6. The number of hydrogen-bond acceptors (Lipinski definition) is 4. The first-order valence-electron chi connectivity index (χ1n) is 10.6. The van der Waals surface area contributed by atoms with Crippen molar-refractivity contribution in [2.45, 2.75) is 31.5 Å². The van der Waals surface area contributed by atoms with Gasteiger partial charge in [-0.25, -0.2) is 8.78 Å². The third-order valence-electron chi connectivity index (χ3n) is 5.76. The highest BCUT2D eigenvalue weighted by Gasteiger charge is 2.27. The van der Waals surface area contributed by atoms with Crippen molar-refractivity contribution < 1.29 is 23.5 Å². The molecule has 2 atom stereocenters. The van der Waals surface area contributed by atoms with Crippen LogP contribution in [0.15, 0.2) is 24.3 Å². The minimum absolute atomic E-state index is 0.00188. The van der Waals surface area contributed by atoms with E-state index in [0.717, 1.165) is 0 Å². The van der Waals surface area contributed by atoms with Gasteiger partial charge in [-0.1, -0.05) is 17.7 Å². The first-order chi connectivity index (χ1) is 14.8. The zero-order chi connectivity index (χ0) is 22.4. The topological polar surface area (TPSA) is 64.1 Å². The monoisotopic (exact) mass is 455 g/mol. The van der Waals surface area contributed by atoms with E-state index in [0.29, 0.717) is 57.7 Å². The van der Waals surface area contributed by atoms with E-state index in [1.165, 1.54) is 24.3 Å². The molecule has 6 nitrogen and oxygen atoms in total. The molecular weight excluding hydrogens is 428 g/mol. The first-order valence-corrected chi connectivity index (χ1v) is 11.0. The molecule has 1 aromatic rings. The predicted octanol–water partition coefficient (Wildman–Crippen LogP) is 2.35. The zero-order valence-electron chi connectivity index (χ0n) is 17.4. The van der Waals surface area contributed by atoms with Gasteiger partial charge in [-0.3, -0.25) is 9.59 Å². The quantitative estimate of drug-likeness (QED) is 0.669. The number of nitrogens with zero attached hydrogens (tertiary/aromatic N) is 3. The molecule has 2 heterocycles. The maximum atomic E-state index is 13.6. The Morgan fingerprint density at radius 1 is 1.23 bits per heavy atom. The molecule has 2 fully saturated rings. The number of carbonyl (C=O) groups is 2. The Morgan fingerprint density at radius 3 is 2.77 bits per heavy atom. The highest BCUT2D eigenvalue weighted by atomic mass is 35.5. The van der Waals surface area contributed by atoms with E-state index < -0.39 is 18.1 Å². The number of amides is 2. The molecule has 2 aliphatic rings. The molecule has 0 bridgehead atoms. The lowest BCUT2D eigenvalue weighted by Gasteiger charge is -2.32. The molecule has 31 heavy (non-hydrogen) atoms. The van der Waals surface area contributed by atoms with E-state index in [2.05, 4.69) is 0 Å². The van der Waals surface area contributed by atoms with Crippen molar-refractivity contribution in [3.05, 3.63) is 40.7 Å². The number of benzene rings is 1. The predicted molar refractivity (Wildman–Crippen MR) is 115 cm³/mol. The van der Waals surface area contributed by atoms with E-state index in [4.69, 9.17) is 11.6 Å². The van der Waals surface area contributed by atoms with Crippen LogP contribution in [0.4, 0.5) is 8.78 Å². The van der Waals surface area contributed by atoms with Crippen LogP contribution in [0.1, 0.15) is 24.8 Å². The van der Waals surface area contributed by atoms with Crippen LogP contribution in [0.25, 0.3) is 6.08 Å². The summed E-state index contributed by atoms with van der Waals surface area (Å²) in [4.78, 5) is 30.3. The first kappa shape index (κ1) is 23.6. The Hall–Kier alpha value is -2.03. The summed E-state index contributed by atoms with van der Waals surface area (Å²) in [5, 5.41) is 9.47. The van der Waals surface area contributed by atoms with Gasteiger partial charge in [0.1, 0.15) is 12.0 Å². The van der Waals surface area contributed by atoms with Gasteiger partial charge in [-0.05, 0) is 43.2 Å². The van der Waals surface area contributed by atoms with Gasteiger partial charge in [0, 0.05) is 51.8 Å². The minimum Gasteiger partial charge on any atom is -0.390 e. The van der Waals surface area contributed by atoms with E-state index in [9.17, 15) is 23.5 Å². The number of hydrogen-bond donors (Lipinski definition) is 1. The largest absolute Gasteiger partial charge is 0.390 e. The van der Waals surface area contributed by atoms with Crippen molar-refractivity contribution in [1.29, 1.82) is 0 Å². The van der Waals surface area contributed by atoms with Gasteiger partial charge in [0.05, 0.1) is 11.1 Å². The lowest BCUT2D eigenvalue weighted by molar-refractivity contribution is -0.130. The Balaban J connectivity index is 1.45. The van der Waals surface area contributed by atoms with Crippen molar-refractivity contribution in [3.63, 3.8) is 0 Å². The SMILES string of the molecule is O=C(/C=C/c1ccc(F)c(Cl)c1)N1CCC(=O)N(CCCN2CCC(O)C(F)C2)CC1. The maximum Gasteiger partial charge on any atom is 0.246 e. The second kappa shape index (κ2) is 11.0. The number of halogens is 3. The van der Waals surface area contributed by atoms with Gasteiger partial charge in [0.2, 0.25) is 11.8 Å². The normalized spacial score (nSPS) is 23.4. The lowest BCUT2D eigenvalue weighted by Crippen LogP contribution is -2.45. The number of aliphatic hydroxyl groups is 1. The van der Waals surface area contributed by atoms with Crippen LogP contribution in [-0.2, 0) is 9.59 Å². The molecule has 1 N–H and O–H groups in total. The zero-order valence-corrected chi connectivity index (χ0v) is 18.1. The second-order valence-corrected chi connectivity index (χ2v) is 8.40. The summed E-state index contributed by atoms with van der Waals surface area (Å²) < 4.78 is 26.9. The van der Waals surface area contributed by atoms with Crippen LogP contribution in [0.2, 0.25) is 5.02 Å². The molecule has 9 heteroatoms. The second-order valence-electron chi connectivity index (χ2n) is 7.99.